The highest BCUT2D eigenvalue weighted by atomic mass is 32.2. The fourth-order valence-corrected chi connectivity index (χ4v) is 3.80. The molecule has 1 atom stereocenters. The summed E-state index contributed by atoms with van der Waals surface area (Å²) in [5, 5.41) is 2.72. The summed E-state index contributed by atoms with van der Waals surface area (Å²) in [6.07, 6.45) is 0. The highest BCUT2D eigenvalue weighted by molar-refractivity contribution is 7.89. The first-order valence-electron chi connectivity index (χ1n) is 10.9. The van der Waals surface area contributed by atoms with Crippen LogP contribution in [0.3, 0.4) is 0 Å². The van der Waals surface area contributed by atoms with Crippen molar-refractivity contribution < 1.29 is 32.2 Å². The Balaban J connectivity index is 1.86. The summed E-state index contributed by atoms with van der Waals surface area (Å²) in [5.41, 5.74) is 0.407. The quantitative estimate of drug-likeness (QED) is 0.358. The number of carbonyl (C=O) groups is 2. The van der Waals surface area contributed by atoms with E-state index in [9.17, 15) is 18.0 Å². The first-order valence-corrected chi connectivity index (χ1v) is 12.4. The Labute approximate surface area is 201 Å². The average molecular weight is 493 g/mol. The van der Waals surface area contributed by atoms with Crippen molar-refractivity contribution in [2.24, 2.45) is 5.92 Å². The van der Waals surface area contributed by atoms with Crippen molar-refractivity contribution in [3.05, 3.63) is 54.1 Å². The normalized spacial score (nSPS) is 12.3. The molecule has 1 N–H and O–H groups in total. The second-order valence-electron chi connectivity index (χ2n) is 7.93. The number of carbonyl (C=O) groups excluding carboxylic acids is 2. The summed E-state index contributed by atoms with van der Waals surface area (Å²) in [7, 11) is -0.600. The molecule has 0 saturated carbocycles. The van der Waals surface area contributed by atoms with Gasteiger partial charge in [0.2, 0.25) is 10.0 Å². The van der Waals surface area contributed by atoms with Crippen molar-refractivity contribution in [2.75, 3.05) is 33.9 Å². The second-order valence-corrected chi connectivity index (χ2v) is 10.1. The number of benzene rings is 2. The van der Waals surface area contributed by atoms with Crippen LogP contribution in [-0.4, -0.2) is 64.6 Å². The highest BCUT2D eigenvalue weighted by Crippen LogP contribution is 2.18. The van der Waals surface area contributed by atoms with Crippen LogP contribution in [0.15, 0.2) is 53.4 Å². The van der Waals surface area contributed by atoms with Gasteiger partial charge in [0.15, 0.2) is 0 Å². The molecule has 1 amide bonds. The van der Waals surface area contributed by atoms with Crippen molar-refractivity contribution >= 4 is 21.9 Å². The summed E-state index contributed by atoms with van der Waals surface area (Å²) in [4.78, 5) is 25.2. The molecule has 2 aromatic carbocycles. The van der Waals surface area contributed by atoms with Crippen LogP contribution in [-0.2, 0) is 19.6 Å². The lowest BCUT2D eigenvalue weighted by Gasteiger charge is -2.21. The Morgan fingerprint density at radius 3 is 2.00 bits per heavy atom. The third-order valence-corrected chi connectivity index (χ3v) is 6.66. The monoisotopic (exact) mass is 492 g/mol. The number of ether oxygens (including phenoxy) is 3. The molecule has 0 aromatic heterocycles. The van der Waals surface area contributed by atoms with Gasteiger partial charge in [0.05, 0.1) is 11.5 Å². The summed E-state index contributed by atoms with van der Waals surface area (Å²) < 4.78 is 41.5. The van der Waals surface area contributed by atoms with Gasteiger partial charge in [-0.3, -0.25) is 4.79 Å². The van der Waals surface area contributed by atoms with Crippen molar-refractivity contribution in [2.45, 2.75) is 31.7 Å². The van der Waals surface area contributed by atoms with Crippen LogP contribution in [0, 0.1) is 5.92 Å². The fraction of sp³-hybridized carbons (Fsp3) is 0.417. The average Bonchev–Trinajstić information content (AvgIpc) is 2.80. The molecule has 0 heterocycles. The summed E-state index contributed by atoms with van der Waals surface area (Å²) >= 11 is 0. The maximum Gasteiger partial charge on any atom is 0.329 e. The first-order chi connectivity index (χ1) is 16.1. The molecule has 0 aliphatic carbocycles. The van der Waals surface area contributed by atoms with Gasteiger partial charge in [-0.2, -0.15) is 0 Å². The van der Waals surface area contributed by atoms with E-state index < -0.39 is 22.0 Å². The van der Waals surface area contributed by atoms with Gasteiger partial charge in [-0.05, 0) is 61.4 Å². The van der Waals surface area contributed by atoms with Crippen molar-refractivity contribution in [1.29, 1.82) is 0 Å². The second kappa shape index (κ2) is 12.4. The molecule has 0 aliphatic rings. The minimum Gasteiger partial charge on any atom is -0.494 e. The molecule has 0 fully saturated rings. The Kier molecular flexibility index (Phi) is 9.88. The fourth-order valence-electron chi connectivity index (χ4n) is 2.90. The molecule has 2 rings (SSSR count). The van der Waals surface area contributed by atoms with E-state index in [2.05, 4.69) is 5.32 Å². The third kappa shape index (κ3) is 7.46. The molecule has 0 aliphatic heterocycles. The molecule has 0 radical (unpaired) electrons. The van der Waals surface area contributed by atoms with Gasteiger partial charge in [0, 0.05) is 19.7 Å². The van der Waals surface area contributed by atoms with Gasteiger partial charge >= 0.3 is 5.97 Å². The maximum absolute atomic E-state index is 12.6. The van der Waals surface area contributed by atoms with E-state index in [0.29, 0.717) is 23.7 Å². The van der Waals surface area contributed by atoms with Crippen LogP contribution in [0.4, 0.5) is 0 Å². The van der Waals surface area contributed by atoms with Gasteiger partial charge in [-0.15, -0.1) is 0 Å². The number of nitrogens with one attached hydrogen (secondary N) is 1. The van der Waals surface area contributed by atoms with E-state index in [4.69, 9.17) is 14.2 Å². The van der Waals surface area contributed by atoms with Crippen LogP contribution >= 0.6 is 0 Å². The minimum atomic E-state index is -3.52. The van der Waals surface area contributed by atoms with Gasteiger partial charge in [0.1, 0.15) is 30.8 Å². The summed E-state index contributed by atoms with van der Waals surface area (Å²) in [5.74, 6) is -0.0370. The Morgan fingerprint density at radius 1 is 0.912 bits per heavy atom. The summed E-state index contributed by atoms with van der Waals surface area (Å²) in [6.45, 7) is 6.07. The molecule has 10 heteroatoms. The van der Waals surface area contributed by atoms with E-state index in [0.717, 1.165) is 4.31 Å². The van der Waals surface area contributed by atoms with Crippen molar-refractivity contribution in [3.8, 4) is 11.5 Å². The van der Waals surface area contributed by atoms with E-state index in [1.807, 2.05) is 20.8 Å². The molecule has 0 bridgehead atoms. The predicted molar refractivity (Wildman–Crippen MR) is 127 cm³/mol. The topological polar surface area (TPSA) is 111 Å². The molecule has 0 saturated heterocycles. The van der Waals surface area contributed by atoms with Crippen LogP contribution in [0.1, 0.15) is 31.1 Å². The Morgan fingerprint density at radius 2 is 1.47 bits per heavy atom. The predicted octanol–water partition coefficient (Wildman–Crippen LogP) is 2.71. The number of rotatable bonds is 12. The van der Waals surface area contributed by atoms with Gasteiger partial charge in [-0.25, -0.2) is 17.5 Å². The Bertz CT molecular complexity index is 1050. The molecule has 0 unspecified atom stereocenters. The third-order valence-electron chi connectivity index (χ3n) is 4.83. The number of nitrogens with zero attached hydrogens (tertiary/aromatic N) is 1. The lowest BCUT2D eigenvalue weighted by molar-refractivity contribution is -0.147. The molecule has 9 nitrogen and oxygen atoms in total. The van der Waals surface area contributed by atoms with E-state index in [1.165, 1.54) is 38.4 Å². The van der Waals surface area contributed by atoms with E-state index in [1.54, 1.807) is 24.3 Å². The molecule has 2 aromatic rings. The van der Waals surface area contributed by atoms with Crippen LogP contribution in [0.2, 0.25) is 0 Å². The zero-order valence-electron chi connectivity index (χ0n) is 20.1. The molecular formula is C24H32N2O7S. The Hall–Kier alpha value is -3.11. The largest absolute Gasteiger partial charge is 0.494 e. The molecule has 0 spiro atoms. The van der Waals surface area contributed by atoms with Gasteiger partial charge in [-0.1, -0.05) is 13.8 Å². The maximum atomic E-state index is 12.6. The van der Waals surface area contributed by atoms with Crippen LogP contribution in [0.5, 0.6) is 11.5 Å². The van der Waals surface area contributed by atoms with Crippen molar-refractivity contribution in [1.82, 2.24) is 9.62 Å². The number of hydrogen-bond acceptors (Lipinski definition) is 7. The standard InChI is InChI=1S/C24H32N2O7S/c1-6-31-19-9-7-18(8-10-19)23(27)25-22(17(2)3)24(28)33-16-15-32-20-11-13-21(14-12-20)34(29,30)26(4)5/h7-14,17,22H,6,15-16H2,1-5H3,(H,25,27)/t22-/m0/s1. The number of hydrogen-bond donors (Lipinski definition) is 1. The number of esters is 1. The molecular weight excluding hydrogens is 460 g/mol. The lowest BCUT2D eigenvalue weighted by atomic mass is 10.0. The van der Waals surface area contributed by atoms with Crippen molar-refractivity contribution in [3.63, 3.8) is 0 Å². The van der Waals surface area contributed by atoms with E-state index >= 15 is 0 Å². The number of sulfonamides is 1. The number of amides is 1. The van der Waals surface area contributed by atoms with Gasteiger partial charge < -0.3 is 19.5 Å². The highest BCUT2D eigenvalue weighted by Gasteiger charge is 2.26. The summed E-state index contributed by atoms with van der Waals surface area (Å²) in [6, 6.07) is 11.8. The zero-order chi connectivity index (χ0) is 25.3. The minimum absolute atomic E-state index is 0.0290. The SMILES string of the molecule is CCOc1ccc(C(=O)N[C@H](C(=O)OCCOc2ccc(S(=O)(=O)N(C)C)cc2)C(C)C)cc1. The van der Waals surface area contributed by atoms with E-state index in [-0.39, 0.29) is 29.9 Å². The molecule has 186 valence electrons. The first kappa shape index (κ1) is 27.1. The van der Waals surface area contributed by atoms with Gasteiger partial charge in [0.25, 0.3) is 5.91 Å². The smallest absolute Gasteiger partial charge is 0.329 e. The van der Waals surface area contributed by atoms with Crippen LogP contribution in [0.25, 0.3) is 0 Å². The lowest BCUT2D eigenvalue weighted by Crippen LogP contribution is -2.45. The zero-order valence-corrected chi connectivity index (χ0v) is 20.9. The van der Waals surface area contributed by atoms with Crippen LogP contribution < -0.4 is 14.8 Å². The molecule has 34 heavy (non-hydrogen) atoms.